The number of nitrogens with zero attached hydrogens (tertiary/aromatic N) is 1. The zero-order valence-electron chi connectivity index (χ0n) is 25.1. The second kappa shape index (κ2) is 10.8. The lowest BCUT2D eigenvalue weighted by Crippen LogP contribution is -2.11. The highest BCUT2D eigenvalue weighted by Gasteiger charge is 2.20. The molecule has 0 amide bonds. The van der Waals surface area contributed by atoms with Crippen LogP contribution in [0.25, 0.3) is 65.7 Å². The van der Waals surface area contributed by atoms with Crippen LogP contribution in [0.3, 0.4) is 0 Å². The molecule has 0 atom stereocenters. The van der Waals surface area contributed by atoms with Crippen molar-refractivity contribution in [3.05, 3.63) is 176 Å². The number of hydrogen-bond acceptors (Lipinski definition) is 2. The fraction of sp³-hybridized carbons (Fsp3) is 0. The van der Waals surface area contributed by atoms with Crippen molar-refractivity contribution in [2.24, 2.45) is 0 Å². The van der Waals surface area contributed by atoms with Crippen molar-refractivity contribution in [2.45, 2.75) is 0 Å². The van der Waals surface area contributed by atoms with E-state index in [1.807, 2.05) is 12.1 Å². The van der Waals surface area contributed by atoms with Gasteiger partial charge in [-0.15, -0.1) is 0 Å². The van der Waals surface area contributed by atoms with Crippen LogP contribution in [-0.4, -0.2) is 0 Å². The van der Waals surface area contributed by atoms with Crippen molar-refractivity contribution in [3.8, 4) is 22.5 Å². The predicted octanol–water partition coefficient (Wildman–Crippen LogP) is 12.7. The Morgan fingerprint density at radius 3 is 1.83 bits per heavy atom. The Morgan fingerprint density at radius 1 is 0.370 bits per heavy atom. The van der Waals surface area contributed by atoms with E-state index in [-0.39, 0.29) is 0 Å². The molecule has 0 aliphatic carbocycles. The highest BCUT2D eigenvalue weighted by molar-refractivity contribution is 6.13. The molecule has 0 spiro atoms. The van der Waals surface area contributed by atoms with Gasteiger partial charge in [0.25, 0.3) is 0 Å². The van der Waals surface area contributed by atoms with Crippen molar-refractivity contribution in [1.29, 1.82) is 0 Å². The zero-order valence-corrected chi connectivity index (χ0v) is 25.1. The van der Waals surface area contributed by atoms with Gasteiger partial charge in [-0.25, -0.2) is 0 Å². The van der Waals surface area contributed by atoms with Gasteiger partial charge >= 0.3 is 0 Å². The minimum atomic E-state index is 0.849. The Bertz CT molecular complexity index is 2510. The number of rotatable bonds is 5. The summed E-state index contributed by atoms with van der Waals surface area (Å²) in [5.74, 6) is 0.849. The third-order valence-electron chi connectivity index (χ3n) is 9.03. The molecule has 0 unspecified atom stereocenters. The molecule has 8 aromatic carbocycles. The Labute approximate surface area is 267 Å². The first kappa shape index (κ1) is 26.3. The first-order valence-corrected chi connectivity index (χ1v) is 15.7. The molecule has 0 radical (unpaired) electrons. The molecule has 9 rings (SSSR count). The van der Waals surface area contributed by atoms with E-state index in [0.717, 1.165) is 39.4 Å². The smallest absolute Gasteiger partial charge is 0.137 e. The van der Waals surface area contributed by atoms with Crippen molar-refractivity contribution < 1.29 is 4.42 Å². The molecule has 2 nitrogen and oxygen atoms in total. The van der Waals surface area contributed by atoms with E-state index in [0.29, 0.717) is 0 Å². The number of para-hydroxylation sites is 2. The molecule has 9 aromatic rings. The summed E-state index contributed by atoms with van der Waals surface area (Å²) in [7, 11) is 0. The topological polar surface area (TPSA) is 16.4 Å². The van der Waals surface area contributed by atoms with Crippen LogP contribution in [0, 0.1) is 0 Å². The molecule has 1 heterocycles. The summed E-state index contributed by atoms with van der Waals surface area (Å²) in [6, 6.07) is 62.7. The van der Waals surface area contributed by atoms with Gasteiger partial charge in [-0.2, -0.15) is 0 Å². The summed E-state index contributed by atoms with van der Waals surface area (Å²) in [6.07, 6.45) is 0. The monoisotopic (exact) mass is 587 g/mol. The first-order chi connectivity index (χ1) is 22.8. The van der Waals surface area contributed by atoms with Crippen LogP contribution >= 0.6 is 0 Å². The maximum Gasteiger partial charge on any atom is 0.137 e. The molecule has 0 N–H and O–H groups in total. The summed E-state index contributed by atoms with van der Waals surface area (Å²) >= 11 is 0. The maximum atomic E-state index is 6.41. The molecular formula is C44H29NO. The average molecular weight is 588 g/mol. The van der Waals surface area contributed by atoms with Gasteiger partial charge in [-0.05, 0) is 98.0 Å². The van der Waals surface area contributed by atoms with E-state index in [1.54, 1.807) is 0 Å². The molecular weight excluding hydrogens is 558 g/mol. The average Bonchev–Trinajstić information content (AvgIpc) is 3.56. The van der Waals surface area contributed by atoms with E-state index in [4.69, 9.17) is 4.42 Å². The molecule has 0 aliphatic heterocycles. The van der Waals surface area contributed by atoms with Crippen LogP contribution in [0.5, 0.6) is 0 Å². The van der Waals surface area contributed by atoms with Crippen molar-refractivity contribution >= 4 is 60.3 Å². The SMILES string of the molecule is c1ccc(N(c2ccc(-c3cc4ccccc4c4ccccc34)cc2)c2ccc3ccccc3c2)c(-c2cc3ccccc3o2)c1. The van der Waals surface area contributed by atoms with Crippen LogP contribution in [0.4, 0.5) is 17.1 Å². The molecule has 0 aliphatic rings. The van der Waals surface area contributed by atoms with Gasteiger partial charge in [0.15, 0.2) is 0 Å². The van der Waals surface area contributed by atoms with Crippen molar-refractivity contribution in [2.75, 3.05) is 4.90 Å². The van der Waals surface area contributed by atoms with Crippen LogP contribution in [0.1, 0.15) is 0 Å². The van der Waals surface area contributed by atoms with Crippen LogP contribution < -0.4 is 4.90 Å². The fourth-order valence-corrected chi connectivity index (χ4v) is 6.82. The van der Waals surface area contributed by atoms with E-state index in [2.05, 4.69) is 169 Å². The summed E-state index contributed by atoms with van der Waals surface area (Å²) in [5, 5.41) is 8.58. The Morgan fingerprint density at radius 2 is 1.00 bits per heavy atom. The molecule has 2 heteroatoms. The Balaban J connectivity index is 1.22. The summed E-state index contributed by atoms with van der Waals surface area (Å²) in [5.41, 5.74) is 7.57. The van der Waals surface area contributed by atoms with Gasteiger partial charge in [0.1, 0.15) is 11.3 Å². The largest absolute Gasteiger partial charge is 0.456 e. The lowest BCUT2D eigenvalue weighted by Gasteiger charge is -2.28. The normalized spacial score (nSPS) is 11.5. The summed E-state index contributed by atoms with van der Waals surface area (Å²) < 4.78 is 6.41. The van der Waals surface area contributed by atoms with E-state index < -0.39 is 0 Å². The van der Waals surface area contributed by atoms with E-state index in [1.165, 1.54) is 43.4 Å². The third-order valence-corrected chi connectivity index (χ3v) is 9.03. The number of furan rings is 1. The van der Waals surface area contributed by atoms with Gasteiger partial charge in [-0.1, -0.05) is 121 Å². The second-order valence-electron chi connectivity index (χ2n) is 11.8. The van der Waals surface area contributed by atoms with Gasteiger partial charge in [0, 0.05) is 22.3 Å². The van der Waals surface area contributed by atoms with Gasteiger partial charge < -0.3 is 9.32 Å². The lowest BCUT2D eigenvalue weighted by molar-refractivity contribution is 0.631. The zero-order chi connectivity index (χ0) is 30.5. The van der Waals surface area contributed by atoms with Gasteiger partial charge in [0.05, 0.1) is 5.69 Å². The van der Waals surface area contributed by atoms with Crippen molar-refractivity contribution in [1.82, 2.24) is 0 Å². The fourth-order valence-electron chi connectivity index (χ4n) is 6.82. The highest BCUT2D eigenvalue weighted by atomic mass is 16.3. The first-order valence-electron chi connectivity index (χ1n) is 15.7. The number of fused-ring (bicyclic) bond motifs is 5. The van der Waals surface area contributed by atoms with Crippen molar-refractivity contribution in [3.63, 3.8) is 0 Å². The maximum absolute atomic E-state index is 6.41. The Kier molecular flexibility index (Phi) is 6.17. The minimum Gasteiger partial charge on any atom is -0.456 e. The van der Waals surface area contributed by atoms with Crippen LogP contribution in [0.2, 0.25) is 0 Å². The molecule has 0 fully saturated rings. The molecule has 0 saturated carbocycles. The molecule has 1 aromatic heterocycles. The van der Waals surface area contributed by atoms with Crippen LogP contribution in [0.15, 0.2) is 180 Å². The third kappa shape index (κ3) is 4.43. The highest BCUT2D eigenvalue weighted by Crippen LogP contribution is 2.43. The number of benzene rings is 8. The lowest BCUT2D eigenvalue weighted by atomic mass is 9.93. The second-order valence-corrected chi connectivity index (χ2v) is 11.8. The van der Waals surface area contributed by atoms with Crippen LogP contribution in [-0.2, 0) is 0 Å². The standard InChI is InChI=1S/C44H29NO/c1-2-12-32-27-36(26-21-30(32)11-1)45(42-19-9-8-18-40(42)44-29-34-14-4-10-20-43(34)46-44)35-24-22-31(23-25-35)41-28-33-13-3-5-15-37(33)38-16-6-7-17-39(38)41/h1-29H. The van der Waals surface area contributed by atoms with E-state index >= 15 is 0 Å². The number of anilines is 3. The quantitative estimate of drug-likeness (QED) is 0.186. The molecule has 46 heavy (non-hydrogen) atoms. The van der Waals surface area contributed by atoms with Gasteiger partial charge in [0.2, 0.25) is 0 Å². The predicted molar refractivity (Wildman–Crippen MR) is 194 cm³/mol. The number of hydrogen-bond donors (Lipinski definition) is 0. The Hall–Kier alpha value is -6.12. The minimum absolute atomic E-state index is 0.849. The summed E-state index contributed by atoms with van der Waals surface area (Å²) in [6.45, 7) is 0. The molecule has 216 valence electrons. The van der Waals surface area contributed by atoms with Gasteiger partial charge in [-0.3, -0.25) is 0 Å². The molecule has 0 saturated heterocycles. The molecule has 0 bridgehead atoms. The van der Waals surface area contributed by atoms with E-state index in [9.17, 15) is 0 Å². The summed E-state index contributed by atoms with van der Waals surface area (Å²) in [4.78, 5) is 2.34.